The normalized spacial score (nSPS) is 29.1. The fourth-order valence-corrected chi connectivity index (χ4v) is 2.99. The maximum atomic E-state index is 12.3. The summed E-state index contributed by atoms with van der Waals surface area (Å²) < 4.78 is 0. The summed E-state index contributed by atoms with van der Waals surface area (Å²) in [5.74, 6) is 0.654. The van der Waals surface area contributed by atoms with Gasteiger partial charge in [-0.15, -0.1) is 0 Å². The maximum absolute atomic E-state index is 12.3. The zero-order valence-electron chi connectivity index (χ0n) is 12.0. The number of nitrogens with zero attached hydrogens (tertiary/aromatic N) is 2. The molecule has 0 bridgehead atoms. The van der Waals surface area contributed by atoms with Crippen LogP contribution in [0.3, 0.4) is 0 Å². The van der Waals surface area contributed by atoms with Crippen LogP contribution in [-0.4, -0.2) is 54.5 Å². The fraction of sp³-hybridized carbons (Fsp3) is 0.929. The van der Waals surface area contributed by atoms with E-state index in [9.17, 15) is 4.79 Å². The minimum Gasteiger partial charge on any atom is -0.340 e. The van der Waals surface area contributed by atoms with Gasteiger partial charge in [-0.3, -0.25) is 9.69 Å². The summed E-state index contributed by atoms with van der Waals surface area (Å²) in [6.07, 6.45) is 2.16. The number of hydrogen-bond donors (Lipinski definition) is 1. The van der Waals surface area contributed by atoms with Crippen molar-refractivity contribution < 1.29 is 4.79 Å². The van der Waals surface area contributed by atoms with Crippen molar-refractivity contribution in [1.29, 1.82) is 0 Å². The van der Waals surface area contributed by atoms with Gasteiger partial charge >= 0.3 is 0 Å². The minimum atomic E-state index is 0.247. The van der Waals surface area contributed by atoms with E-state index in [2.05, 4.69) is 30.6 Å². The van der Waals surface area contributed by atoms with Gasteiger partial charge < -0.3 is 10.6 Å². The van der Waals surface area contributed by atoms with Gasteiger partial charge in [0.25, 0.3) is 0 Å². The van der Waals surface area contributed by atoms with E-state index in [0.29, 0.717) is 11.9 Å². The molecule has 2 fully saturated rings. The van der Waals surface area contributed by atoms with E-state index >= 15 is 0 Å². The first-order valence-corrected chi connectivity index (χ1v) is 7.22. The third-order valence-electron chi connectivity index (χ3n) is 4.70. The molecule has 0 aromatic carbocycles. The molecule has 2 N–H and O–H groups in total. The van der Waals surface area contributed by atoms with E-state index in [4.69, 9.17) is 5.73 Å². The second kappa shape index (κ2) is 5.17. The van der Waals surface area contributed by atoms with Crippen molar-refractivity contribution in [3.63, 3.8) is 0 Å². The van der Waals surface area contributed by atoms with Crippen LogP contribution in [0.5, 0.6) is 0 Å². The number of nitrogens with two attached hydrogens (primary N) is 1. The van der Waals surface area contributed by atoms with Gasteiger partial charge in [0.1, 0.15) is 0 Å². The third-order valence-corrected chi connectivity index (χ3v) is 4.70. The van der Waals surface area contributed by atoms with E-state index in [0.717, 1.165) is 45.6 Å². The van der Waals surface area contributed by atoms with Crippen LogP contribution in [-0.2, 0) is 4.79 Å². The Labute approximate surface area is 110 Å². The second-order valence-corrected chi connectivity index (χ2v) is 6.40. The lowest BCUT2D eigenvalue weighted by molar-refractivity contribution is -0.135. The second-order valence-electron chi connectivity index (χ2n) is 6.40. The average molecular weight is 253 g/mol. The molecule has 1 aliphatic heterocycles. The summed E-state index contributed by atoms with van der Waals surface area (Å²) >= 11 is 0. The number of amides is 1. The van der Waals surface area contributed by atoms with Crippen LogP contribution < -0.4 is 5.73 Å². The molecule has 0 spiro atoms. The number of rotatable bonds is 4. The number of carbonyl (C=O) groups excluding carboxylic acids is 1. The molecular weight excluding hydrogens is 226 g/mol. The zero-order valence-corrected chi connectivity index (χ0v) is 12.0. The van der Waals surface area contributed by atoms with E-state index in [1.807, 2.05) is 0 Å². The molecule has 4 nitrogen and oxygen atoms in total. The Hall–Kier alpha value is -0.610. The third kappa shape index (κ3) is 2.69. The maximum Gasteiger partial charge on any atom is 0.226 e. The Morgan fingerprint density at radius 1 is 1.33 bits per heavy atom. The lowest BCUT2D eigenvalue weighted by Gasteiger charge is -2.39. The molecular formula is C14H27N3O. The SMILES string of the molecule is CCC(CN)N1CCN(C(=O)C2CC2(C)C)CC1. The van der Waals surface area contributed by atoms with Crippen molar-refractivity contribution in [2.45, 2.75) is 39.7 Å². The van der Waals surface area contributed by atoms with E-state index in [1.165, 1.54) is 0 Å². The molecule has 2 atom stereocenters. The Balaban J connectivity index is 1.82. The molecule has 0 radical (unpaired) electrons. The Bertz CT molecular complexity index is 304. The highest BCUT2D eigenvalue weighted by Crippen LogP contribution is 2.52. The largest absolute Gasteiger partial charge is 0.340 e. The standard InChI is InChI=1S/C14H27N3O/c1-4-11(10-15)16-5-7-17(8-6-16)13(18)12-9-14(12,2)3/h11-12H,4-10,15H2,1-3H3. The van der Waals surface area contributed by atoms with Crippen LogP contribution in [0, 0.1) is 11.3 Å². The number of carbonyl (C=O) groups is 1. The first-order valence-electron chi connectivity index (χ1n) is 7.22. The van der Waals surface area contributed by atoms with Crippen LogP contribution >= 0.6 is 0 Å². The van der Waals surface area contributed by atoms with Crippen molar-refractivity contribution in [1.82, 2.24) is 9.80 Å². The lowest BCUT2D eigenvalue weighted by Crippen LogP contribution is -2.54. The molecule has 1 amide bonds. The van der Waals surface area contributed by atoms with Crippen molar-refractivity contribution in [2.24, 2.45) is 17.1 Å². The Morgan fingerprint density at radius 2 is 1.89 bits per heavy atom. The summed E-state index contributed by atoms with van der Waals surface area (Å²) in [6.45, 7) is 11.0. The van der Waals surface area contributed by atoms with Crippen LogP contribution in [0.2, 0.25) is 0 Å². The van der Waals surface area contributed by atoms with Gasteiger partial charge in [-0.25, -0.2) is 0 Å². The highest BCUT2D eigenvalue weighted by molar-refractivity contribution is 5.82. The topological polar surface area (TPSA) is 49.6 Å². The summed E-state index contributed by atoms with van der Waals surface area (Å²) in [5, 5.41) is 0. The van der Waals surface area contributed by atoms with Crippen molar-refractivity contribution >= 4 is 5.91 Å². The predicted octanol–water partition coefficient (Wildman–Crippen LogP) is 0.914. The lowest BCUT2D eigenvalue weighted by atomic mass is 10.1. The predicted molar refractivity (Wildman–Crippen MR) is 73.2 cm³/mol. The fourth-order valence-electron chi connectivity index (χ4n) is 2.99. The smallest absolute Gasteiger partial charge is 0.226 e. The average Bonchev–Trinajstić information content (AvgIpc) is 3.00. The molecule has 104 valence electrons. The molecule has 2 rings (SSSR count). The van der Waals surface area contributed by atoms with Gasteiger partial charge in [0, 0.05) is 44.7 Å². The van der Waals surface area contributed by atoms with Gasteiger partial charge in [-0.05, 0) is 18.3 Å². The van der Waals surface area contributed by atoms with Gasteiger partial charge in [0.15, 0.2) is 0 Å². The summed E-state index contributed by atoms with van der Waals surface area (Å²) in [6, 6.07) is 0.486. The van der Waals surface area contributed by atoms with E-state index < -0.39 is 0 Å². The molecule has 1 heterocycles. The molecule has 1 aliphatic carbocycles. The van der Waals surface area contributed by atoms with Crippen LogP contribution in [0.1, 0.15) is 33.6 Å². The van der Waals surface area contributed by atoms with Crippen molar-refractivity contribution in [3.05, 3.63) is 0 Å². The Morgan fingerprint density at radius 3 is 2.28 bits per heavy atom. The Kier molecular flexibility index (Phi) is 3.97. The molecule has 0 aromatic rings. The quantitative estimate of drug-likeness (QED) is 0.810. The summed E-state index contributed by atoms with van der Waals surface area (Å²) in [5.41, 5.74) is 6.03. The molecule has 0 aromatic heterocycles. The van der Waals surface area contributed by atoms with Crippen LogP contribution in [0.4, 0.5) is 0 Å². The summed E-state index contributed by atoms with van der Waals surface area (Å²) in [7, 11) is 0. The highest BCUT2D eigenvalue weighted by atomic mass is 16.2. The van der Waals surface area contributed by atoms with E-state index in [1.54, 1.807) is 0 Å². The molecule has 4 heteroatoms. The van der Waals surface area contributed by atoms with Gasteiger partial charge in [0.05, 0.1) is 0 Å². The van der Waals surface area contributed by atoms with Gasteiger partial charge in [-0.2, -0.15) is 0 Å². The molecule has 1 saturated carbocycles. The van der Waals surface area contributed by atoms with Crippen molar-refractivity contribution in [3.8, 4) is 0 Å². The highest BCUT2D eigenvalue weighted by Gasteiger charge is 2.52. The zero-order chi connectivity index (χ0) is 13.3. The number of hydrogen-bond acceptors (Lipinski definition) is 3. The van der Waals surface area contributed by atoms with Gasteiger partial charge in [-0.1, -0.05) is 20.8 Å². The molecule has 2 aliphatic rings. The summed E-state index contributed by atoms with van der Waals surface area (Å²) in [4.78, 5) is 16.8. The first kappa shape index (κ1) is 13.8. The molecule has 1 saturated heterocycles. The van der Waals surface area contributed by atoms with E-state index in [-0.39, 0.29) is 11.3 Å². The minimum absolute atomic E-state index is 0.247. The first-order chi connectivity index (χ1) is 8.49. The molecule has 18 heavy (non-hydrogen) atoms. The van der Waals surface area contributed by atoms with Crippen molar-refractivity contribution in [2.75, 3.05) is 32.7 Å². The number of piperazine rings is 1. The molecule has 2 unspecified atom stereocenters. The van der Waals surface area contributed by atoms with Gasteiger partial charge in [0.2, 0.25) is 5.91 Å². The van der Waals surface area contributed by atoms with Crippen LogP contribution in [0.15, 0.2) is 0 Å². The van der Waals surface area contributed by atoms with Crippen LogP contribution in [0.25, 0.3) is 0 Å². The monoisotopic (exact) mass is 253 g/mol.